The number of hydrogen-bond acceptors (Lipinski definition) is 6. The smallest absolute Gasteiger partial charge is 0.148 e. The van der Waals surface area contributed by atoms with E-state index in [1.165, 1.54) is 5.56 Å². The van der Waals surface area contributed by atoms with E-state index < -0.39 is 0 Å². The standard InChI is InChI=1S/C13H18N4OS/c1-9-11(10(2)18-17-9)5-4-8-14-12-6-7-13(19-3)16-15-12/h6-7H,4-5,8H2,1-3H3,(H,14,15). The van der Waals surface area contributed by atoms with Crippen LogP contribution in [0.2, 0.25) is 0 Å². The van der Waals surface area contributed by atoms with Crippen molar-refractivity contribution in [2.45, 2.75) is 31.7 Å². The highest BCUT2D eigenvalue weighted by molar-refractivity contribution is 7.98. The summed E-state index contributed by atoms with van der Waals surface area (Å²) in [6.45, 7) is 4.79. The van der Waals surface area contributed by atoms with Crippen LogP contribution >= 0.6 is 11.8 Å². The van der Waals surface area contributed by atoms with Crippen LogP contribution in [0.25, 0.3) is 0 Å². The van der Waals surface area contributed by atoms with Crippen LogP contribution in [0.3, 0.4) is 0 Å². The molecule has 0 radical (unpaired) electrons. The predicted octanol–water partition coefficient (Wildman–Crippen LogP) is 2.85. The normalized spacial score (nSPS) is 10.7. The van der Waals surface area contributed by atoms with Crippen LogP contribution in [0.4, 0.5) is 5.82 Å². The second kappa shape index (κ2) is 6.56. The van der Waals surface area contributed by atoms with Gasteiger partial charge in [0, 0.05) is 12.1 Å². The minimum Gasteiger partial charge on any atom is -0.369 e. The predicted molar refractivity (Wildman–Crippen MR) is 76.6 cm³/mol. The summed E-state index contributed by atoms with van der Waals surface area (Å²) >= 11 is 1.59. The fraction of sp³-hybridized carbons (Fsp3) is 0.462. The van der Waals surface area contributed by atoms with Gasteiger partial charge in [0.15, 0.2) is 0 Å². The number of nitrogens with zero attached hydrogens (tertiary/aromatic N) is 3. The minimum absolute atomic E-state index is 0.816. The second-order valence-electron chi connectivity index (χ2n) is 4.29. The van der Waals surface area contributed by atoms with Gasteiger partial charge in [-0.3, -0.25) is 0 Å². The van der Waals surface area contributed by atoms with Crippen LogP contribution < -0.4 is 5.32 Å². The van der Waals surface area contributed by atoms with E-state index in [-0.39, 0.29) is 0 Å². The van der Waals surface area contributed by atoms with Gasteiger partial charge in [-0.1, -0.05) is 5.16 Å². The maximum Gasteiger partial charge on any atom is 0.148 e. The Bertz CT molecular complexity index is 504. The Morgan fingerprint density at radius 1 is 1.26 bits per heavy atom. The van der Waals surface area contributed by atoms with Crippen molar-refractivity contribution in [1.82, 2.24) is 15.4 Å². The van der Waals surface area contributed by atoms with Crippen molar-refractivity contribution in [3.05, 3.63) is 29.2 Å². The molecule has 0 saturated carbocycles. The zero-order valence-corrected chi connectivity index (χ0v) is 12.3. The Kier molecular flexibility index (Phi) is 4.79. The largest absolute Gasteiger partial charge is 0.369 e. The molecule has 0 aliphatic carbocycles. The molecule has 2 aromatic rings. The molecule has 0 atom stereocenters. The Labute approximate surface area is 117 Å². The summed E-state index contributed by atoms with van der Waals surface area (Å²) in [5.74, 6) is 1.73. The molecule has 5 nitrogen and oxygen atoms in total. The topological polar surface area (TPSA) is 63.8 Å². The number of hydrogen-bond donors (Lipinski definition) is 1. The van der Waals surface area contributed by atoms with Gasteiger partial charge < -0.3 is 9.84 Å². The van der Waals surface area contributed by atoms with Crippen LogP contribution in [-0.2, 0) is 6.42 Å². The summed E-state index contributed by atoms with van der Waals surface area (Å²) < 4.78 is 5.14. The molecule has 0 unspecified atom stereocenters. The van der Waals surface area contributed by atoms with Crippen molar-refractivity contribution in [2.24, 2.45) is 0 Å². The molecule has 0 amide bonds. The molecular formula is C13H18N4OS. The molecule has 0 aliphatic heterocycles. The Morgan fingerprint density at radius 3 is 2.68 bits per heavy atom. The number of aryl methyl sites for hydroxylation is 2. The lowest BCUT2D eigenvalue weighted by atomic mass is 10.1. The van der Waals surface area contributed by atoms with E-state index in [2.05, 4.69) is 20.7 Å². The van der Waals surface area contributed by atoms with Crippen LogP contribution in [0.1, 0.15) is 23.4 Å². The number of nitrogens with one attached hydrogen (secondary N) is 1. The van der Waals surface area contributed by atoms with E-state index in [4.69, 9.17) is 4.52 Å². The summed E-state index contributed by atoms with van der Waals surface area (Å²) in [6.07, 6.45) is 3.96. The number of rotatable bonds is 6. The number of thioether (sulfide) groups is 1. The molecule has 0 saturated heterocycles. The lowest BCUT2D eigenvalue weighted by Crippen LogP contribution is -2.05. The first-order chi connectivity index (χ1) is 9.20. The Morgan fingerprint density at radius 2 is 2.11 bits per heavy atom. The van der Waals surface area contributed by atoms with E-state index in [0.29, 0.717) is 0 Å². The molecule has 6 heteroatoms. The third kappa shape index (κ3) is 3.70. The van der Waals surface area contributed by atoms with Gasteiger partial charge in [-0.2, -0.15) is 0 Å². The van der Waals surface area contributed by atoms with Crippen LogP contribution in [-0.4, -0.2) is 28.2 Å². The van der Waals surface area contributed by atoms with Crippen molar-refractivity contribution in [3.8, 4) is 0 Å². The molecule has 2 aromatic heterocycles. The number of aromatic nitrogens is 3. The molecule has 2 rings (SSSR count). The monoisotopic (exact) mass is 278 g/mol. The molecule has 0 bridgehead atoms. The van der Waals surface area contributed by atoms with Gasteiger partial charge in [0.05, 0.1) is 5.69 Å². The zero-order valence-electron chi connectivity index (χ0n) is 11.4. The first-order valence-electron chi connectivity index (χ1n) is 6.24. The lowest BCUT2D eigenvalue weighted by Gasteiger charge is -2.05. The SMILES string of the molecule is CSc1ccc(NCCCc2c(C)noc2C)nn1. The van der Waals surface area contributed by atoms with E-state index in [0.717, 1.165) is 41.7 Å². The van der Waals surface area contributed by atoms with Crippen LogP contribution in [0, 0.1) is 13.8 Å². The van der Waals surface area contributed by atoms with Crippen molar-refractivity contribution in [1.29, 1.82) is 0 Å². The van der Waals surface area contributed by atoms with Crippen molar-refractivity contribution in [2.75, 3.05) is 18.1 Å². The summed E-state index contributed by atoms with van der Waals surface area (Å²) in [7, 11) is 0. The molecule has 0 aliphatic rings. The van der Waals surface area contributed by atoms with E-state index in [9.17, 15) is 0 Å². The fourth-order valence-electron chi connectivity index (χ4n) is 1.86. The molecular weight excluding hydrogens is 260 g/mol. The quantitative estimate of drug-likeness (QED) is 0.647. The van der Waals surface area contributed by atoms with Crippen molar-refractivity contribution < 1.29 is 4.52 Å². The first kappa shape index (κ1) is 13.9. The second-order valence-corrected chi connectivity index (χ2v) is 5.12. The highest BCUT2D eigenvalue weighted by Gasteiger charge is 2.07. The minimum atomic E-state index is 0.816. The van der Waals surface area contributed by atoms with Gasteiger partial charge in [0.2, 0.25) is 0 Å². The molecule has 19 heavy (non-hydrogen) atoms. The maximum absolute atomic E-state index is 5.14. The van der Waals surface area contributed by atoms with Gasteiger partial charge in [-0.15, -0.1) is 22.0 Å². The van der Waals surface area contributed by atoms with E-state index in [1.807, 2.05) is 32.2 Å². The molecule has 0 spiro atoms. The molecule has 102 valence electrons. The number of anilines is 1. The summed E-state index contributed by atoms with van der Waals surface area (Å²) in [6, 6.07) is 3.92. The summed E-state index contributed by atoms with van der Waals surface area (Å²) in [5.41, 5.74) is 2.20. The van der Waals surface area contributed by atoms with Crippen LogP contribution in [0.5, 0.6) is 0 Å². The van der Waals surface area contributed by atoms with E-state index >= 15 is 0 Å². The summed E-state index contributed by atoms with van der Waals surface area (Å²) in [5, 5.41) is 16.3. The Balaban J connectivity index is 1.77. The zero-order chi connectivity index (χ0) is 13.7. The molecule has 2 heterocycles. The van der Waals surface area contributed by atoms with Crippen molar-refractivity contribution in [3.63, 3.8) is 0 Å². The summed E-state index contributed by atoms with van der Waals surface area (Å²) in [4.78, 5) is 0. The average molecular weight is 278 g/mol. The first-order valence-corrected chi connectivity index (χ1v) is 7.46. The van der Waals surface area contributed by atoms with Crippen molar-refractivity contribution >= 4 is 17.6 Å². The maximum atomic E-state index is 5.14. The molecule has 1 N–H and O–H groups in total. The lowest BCUT2D eigenvalue weighted by molar-refractivity contribution is 0.392. The third-order valence-electron chi connectivity index (χ3n) is 2.94. The Hall–Kier alpha value is -1.56. The fourth-order valence-corrected chi connectivity index (χ4v) is 2.19. The van der Waals surface area contributed by atoms with Gasteiger partial charge in [0.1, 0.15) is 16.6 Å². The third-order valence-corrected chi connectivity index (χ3v) is 3.58. The van der Waals surface area contributed by atoms with Gasteiger partial charge in [0.25, 0.3) is 0 Å². The average Bonchev–Trinajstić information content (AvgIpc) is 2.75. The molecule has 0 fully saturated rings. The van der Waals surface area contributed by atoms with E-state index in [1.54, 1.807) is 11.8 Å². The molecule has 0 aromatic carbocycles. The van der Waals surface area contributed by atoms with Gasteiger partial charge >= 0.3 is 0 Å². The van der Waals surface area contributed by atoms with Crippen LogP contribution in [0.15, 0.2) is 21.7 Å². The van der Waals surface area contributed by atoms with Gasteiger partial charge in [-0.05, 0) is 45.1 Å². The highest BCUT2D eigenvalue weighted by Crippen LogP contribution is 2.15. The highest BCUT2D eigenvalue weighted by atomic mass is 32.2. The van der Waals surface area contributed by atoms with Gasteiger partial charge in [-0.25, -0.2) is 0 Å².